The van der Waals surface area contributed by atoms with Crippen molar-refractivity contribution in [2.24, 2.45) is 5.92 Å². The van der Waals surface area contributed by atoms with E-state index in [1.165, 1.54) is 15.6 Å². The zero-order valence-corrected chi connectivity index (χ0v) is 20.2. The van der Waals surface area contributed by atoms with Crippen LogP contribution in [-0.2, 0) is 14.8 Å². The van der Waals surface area contributed by atoms with E-state index in [2.05, 4.69) is 10.6 Å². The highest BCUT2D eigenvalue weighted by molar-refractivity contribution is 7.91. The molecule has 34 heavy (non-hydrogen) atoms. The summed E-state index contributed by atoms with van der Waals surface area (Å²) in [5.74, 6) is -0.254. The first kappa shape index (κ1) is 23.9. The smallest absolute Gasteiger partial charge is 0.255 e. The maximum atomic E-state index is 12.8. The first-order valence-corrected chi connectivity index (χ1v) is 13.1. The summed E-state index contributed by atoms with van der Waals surface area (Å²) in [4.78, 5) is 25.3. The minimum atomic E-state index is -3.58. The highest BCUT2D eigenvalue weighted by Crippen LogP contribution is 2.27. The molecular weight excluding hydrogens is 474 g/mol. The Morgan fingerprint density at radius 1 is 1.00 bits per heavy atom. The van der Waals surface area contributed by atoms with Gasteiger partial charge in [0.1, 0.15) is 9.96 Å². The molecule has 2 heterocycles. The number of nitrogens with zero attached hydrogens (tertiary/aromatic N) is 1. The molecule has 0 unspecified atom stereocenters. The van der Waals surface area contributed by atoms with E-state index in [-0.39, 0.29) is 22.6 Å². The van der Waals surface area contributed by atoms with Crippen LogP contribution < -0.4 is 15.4 Å². The molecule has 178 valence electrons. The molecule has 1 saturated heterocycles. The highest BCUT2D eigenvalue weighted by Gasteiger charge is 2.33. The minimum Gasteiger partial charge on any atom is -0.497 e. The Morgan fingerprint density at radius 2 is 1.68 bits per heavy atom. The third kappa shape index (κ3) is 5.46. The maximum Gasteiger partial charge on any atom is 0.255 e. The number of carbonyl (C=O) groups excluding carboxylic acids is 2. The van der Waals surface area contributed by atoms with Crippen molar-refractivity contribution < 1.29 is 22.7 Å². The number of benzene rings is 2. The van der Waals surface area contributed by atoms with Crippen LogP contribution in [0.15, 0.2) is 70.3 Å². The molecule has 1 aromatic heterocycles. The van der Waals surface area contributed by atoms with Gasteiger partial charge in [-0.05, 0) is 72.8 Å². The molecule has 1 aliphatic rings. The third-order valence-electron chi connectivity index (χ3n) is 5.61. The van der Waals surface area contributed by atoms with Crippen molar-refractivity contribution in [1.29, 1.82) is 0 Å². The van der Waals surface area contributed by atoms with Gasteiger partial charge in [0.25, 0.3) is 15.9 Å². The minimum absolute atomic E-state index is 0.147. The van der Waals surface area contributed by atoms with Crippen molar-refractivity contribution in [2.75, 3.05) is 30.8 Å². The first-order chi connectivity index (χ1) is 16.4. The zero-order valence-electron chi connectivity index (χ0n) is 18.6. The fourth-order valence-electron chi connectivity index (χ4n) is 3.74. The van der Waals surface area contributed by atoms with Crippen molar-refractivity contribution in [2.45, 2.75) is 17.1 Å². The molecule has 0 radical (unpaired) electrons. The van der Waals surface area contributed by atoms with Crippen LogP contribution in [-0.4, -0.2) is 44.7 Å². The van der Waals surface area contributed by atoms with Gasteiger partial charge in [0.05, 0.1) is 13.0 Å². The van der Waals surface area contributed by atoms with E-state index >= 15 is 0 Å². The molecule has 2 N–H and O–H groups in total. The standard InChI is InChI=1S/C24H25N3O5S2/c1-32-21-12-10-20(11-13-21)25-23(28)17-6-8-19(9-7-17)26-24(29)18-4-2-14-27(16-18)34(30,31)22-5-3-15-33-22/h3,5-13,15,18H,2,4,14,16H2,1H3,(H,25,28)(H,26,29)/t18-/m0/s1. The maximum absolute atomic E-state index is 12.8. The van der Waals surface area contributed by atoms with Gasteiger partial charge in [-0.3, -0.25) is 9.59 Å². The van der Waals surface area contributed by atoms with Gasteiger partial charge >= 0.3 is 0 Å². The number of methoxy groups -OCH3 is 1. The number of piperidine rings is 1. The van der Waals surface area contributed by atoms with Gasteiger partial charge < -0.3 is 15.4 Å². The van der Waals surface area contributed by atoms with E-state index in [1.807, 2.05) is 0 Å². The molecule has 3 aromatic rings. The molecule has 0 spiro atoms. The average molecular weight is 500 g/mol. The van der Waals surface area contributed by atoms with E-state index in [4.69, 9.17) is 4.74 Å². The Kier molecular flexibility index (Phi) is 7.30. The summed E-state index contributed by atoms with van der Waals surface area (Å²) in [5.41, 5.74) is 1.63. The Morgan fingerprint density at radius 3 is 2.32 bits per heavy atom. The van der Waals surface area contributed by atoms with Gasteiger partial charge in [0, 0.05) is 30.0 Å². The summed E-state index contributed by atoms with van der Waals surface area (Å²) >= 11 is 1.17. The summed E-state index contributed by atoms with van der Waals surface area (Å²) < 4.78 is 32.4. The number of sulfonamides is 1. The van der Waals surface area contributed by atoms with Crippen molar-refractivity contribution in [1.82, 2.24) is 4.31 Å². The number of ether oxygens (including phenoxy) is 1. The number of nitrogens with one attached hydrogen (secondary N) is 2. The van der Waals surface area contributed by atoms with Crippen LogP contribution in [0.5, 0.6) is 5.75 Å². The molecule has 0 aliphatic carbocycles. The second-order valence-corrected chi connectivity index (χ2v) is 11.0. The van der Waals surface area contributed by atoms with Crippen LogP contribution >= 0.6 is 11.3 Å². The molecule has 8 nitrogen and oxygen atoms in total. The lowest BCUT2D eigenvalue weighted by Crippen LogP contribution is -2.43. The van der Waals surface area contributed by atoms with Gasteiger partial charge in [-0.15, -0.1) is 11.3 Å². The van der Waals surface area contributed by atoms with Crippen molar-refractivity contribution in [3.8, 4) is 5.75 Å². The predicted octanol–water partition coefficient (Wildman–Crippen LogP) is 4.05. The van der Waals surface area contributed by atoms with E-state index in [9.17, 15) is 18.0 Å². The topological polar surface area (TPSA) is 105 Å². The first-order valence-electron chi connectivity index (χ1n) is 10.8. The normalized spacial score (nSPS) is 16.6. The predicted molar refractivity (Wildman–Crippen MR) is 132 cm³/mol. The van der Waals surface area contributed by atoms with Gasteiger partial charge in [-0.1, -0.05) is 6.07 Å². The van der Waals surface area contributed by atoms with E-state index in [0.717, 1.165) is 0 Å². The van der Waals surface area contributed by atoms with E-state index < -0.39 is 15.9 Å². The summed E-state index contributed by atoms with van der Waals surface area (Å²) in [6.07, 6.45) is 1.23. The molecule has 1 aliphatic heterocycles. The Labute approximate surface area is 202 Å². The van der Waals surface area contributed by atoms with E-state index in [0.29, 0.717) is 42.1 Å². The van der Waals surface area contributed by atoms with Crippen LogP contribution in [0.3, 0.4) is 0 Å². The lowest BCUT2D eigenvalue weighted by atomic mass is 9.98. The lowest BCUT2D eigenvalue weighted by Gasteiger charge is -2.30. The fourth-order valence-corrected chi connectivity index (χ4v) is 6.41. The number of rotatable bonds is 7. The Hall–Kier alpha value is -3.21. The van der Waals surface area contributed by atoms with Crippen molar-refractivity contribution >= 4 is 44.5 Å². The molecule has 1 atom stereocenters. The third-order valence-corrected chi connectivity index (χ3v) is 8.84. The average Bonchev–Trinajstić information content (AvgIpc) is 3.41. The SMILES string of the molecule is COc1ccc(NC(=O)c2ccc(NC(=O)[C@H]3CCCN(S(=O)(=O)c4cccs4)C3)cc2)cc1. The summed E-state index contributed by atoms with van der Waals surface area (Å²) in [6, 6.07) is 16.9. The van der Waals surface area contributed by atoms with Crippen LogP contribution in [0.4, 0.5) is 11.4 Å². The van der Waals surface area contributed by atoms with Crippen LogP contribution in [0.1, 0.15) is 23.2 Å². The molecular formula is C24H25N3O5S2. The molecule has 0 bridgehead atoms. The largest absolute Gasteiger partial charge is 0.497 e. The highest BCUT2D eigenvalue weighted by atomic mass is 32.2. The van der Waals surface area contributed by atoms with Crippen LogP contribution in [0, 0.1) is 5.92 Å². The summed E-state index contributed by atoms with van der Waals surface area (Å²) in [5, 5.41) is 7.38. The number of hydrogen-bond acceptors (Lipinski definition) is 6. The molecule has 10 heteroatoms. The lowest BCUT2D eigenvalue weighted by molar-refractivity contribution is -0.120. The Balaban J connectivity index is 1.35. The van der Waals surface area contributed by atoms with Crippen molar-refractivity contribution in [3.05, 3.63) is 71.6 Å². The quantitative estimate of drug-likeness (QED) is 0.510. The van der Waals surface area contributed by atoms with Gasteiger partial charge in [-0.2, -0.15) is 4.31 Å². The van der Waals surface area contributed by atoms with Gasteiger partial charge in [0.2, 0.25) is 5.91 Å². The summed E-state index contributed by atoms with van der Waals surface area (Å²) in [6.45, 7) is 0.552. The second kappa shape index (κ2) is 10.4. The number of thiophene rings is 1. The fraction of sp³-hybridized carbons (Fsp3) is 0.250. The molecule has 0 saturated carbocycles. The molecule has 2 amide bonds. The van der Waals surface area contributed by atoms with E-state index in [1.54, 1.807) is 73.2 Å². The Bertz CT molecular complexity index is 1240. The van der Waals surface area contributed by atoms with Crippen molar-refractivity contribution in [3.63, 3.8) is 0 Å². The van der Waals surface area contributed by atoms with Gasteiger partial charge in [-0.25, -0.2) is 8.42 Å². The molecule has 2 aromatic carbocycles. The molecule has 1 fully saturated rings. The summed E-state index contributed by atoms with van der Waals surface area (Å²) in [7, 11) is -2.01. The monoisotopic (exact) mass is 499 g/mol. The zero-order chi connectivity index (χ0) is 24.1. The van der Waals surface area contributed by atoms with Gasteiger partial charge in [0.15, 0.2) is 0 Å². The number of anilines is 2. The number of amides is 2. The van der Waals surface area contributed by atoms with Crippen LogP contribution in [0.25, 0.3) is 0 Å². The number of carbonyl (C=O) groups is 2. The van der Waals surface area contributed by atoms with Crippen LogP contribution in [0.2, 0.25) is 0 Å². The second-order valence-electron chi connectivity index (χ2n) is 7.88. The molecule has 4 rings (SSSR count). The number of hydrogen-bond donors (Lipinski definition) is 2.